The molecule has 0 aromatic carbocycles. The molecule has 2 fully saturated rings. The first-order valence-corrected chi connectivity index (χ1v) is 16.0. The molecular formula is C40H56O4. The molecule has 0 spiro atoms. The standard InChI is InChI=1S/C40H56O4/c1-28(17-13-18-30(3)21-22-35-37(5,6)24-32(41)26-39(35,9)43)15-11-12-16-29(2)19-14-20-31(4)34-23-36-38(7,8)25-33(42)27-40(36,10)44-34/h11-21,23,32-34,41-43H,24-27H2,1-10H3. The number of rotatable bonds is 8. The van der Waals surface area contributed by atoms with E-state index in [1.54, 1.807) is 6.92 Å². The predicted octanol–water partition coefficient (Wildman–Crippen LogP) is 8.72. The van der Waals surface area contributed by atoms with Gasteiger partial charge in [0.1, 0.15) is 0 Å². The highest BCUT2D eigenvalue weighted by molar-refractivity contribution is 5.37. The van der Waals surface area contributed by atoms with Gasteiger partial charge in [-0.3, -0.25) is 0 Å². The largest absolute Gasteiger partial charge is 0.393 e. The van der Waals surface area contributed by atoms with Gasteiger partial charge >= 0.3 is 0 Å². The van der Waals surface area contributed by atoms with E-state index in [2.05, 4.69) is 104 Å². The van der Waals surface area contributed by atoms with Crippen LogP contribution in [0.15, 0.2) is 112 Å². The fraction of sp³-hybridized carbons (Fsp3) is 0.525. The molecule has 240 valence electrons. The van der Waals surface area contributed by atoms with Gasteiger partial charge < -0.3 is 20.1 Å². The van der Waals surface area contributed by atoms with Crippen LogP contribution in [0.4, 0.5) is 0 Å². The van der Waals surface area contributed by atoms with Crippen LogP contribution in [0.25, 0.3) is 0 Å². The van der Waals surface area contributed by atoms with Crippen LogP contribution in [0.1, 0.15) is 94.9 Å². The van der Waals surface area contributed by atoms with Crippen molar-refractivity contribution in [2.75, 3.05) is 0 Å². The Labute approximate surface area is 267 Å². The Morgan fingerprint density at radius 3 is 1.84 bits per heavy atom. The van der Waals surface area contributed by atoms with E-state index in [4.69, 9.17) is 4.74 Å². The van der Waals surface area contributed by atoms with Crippen LogP contribution in [0.5, 0.6) is 0 Å². The smallest absolute Gasteiger partial charge is 0.0982 e. The van der Waals surface area contributed by atoms with Crippen LogP contribution in [0.2, 0.25) is 0 Å². The van der Waals surface area contributed by atoms with E-state index in [1.165, 1.54) is 5.57 Å². The zero-order valence-electron chi connectivity index (χ0n) is 28.7. The Bertz CT molecular complexity index is 1360. The van der Waals surface area contributed by atoms with E-state index in [-0.39, 0.29) is 23.0 Å². The lowest BCUT2D eigenvalue weighted by atomic mass is 9.65. The number of fused-ring (bicyclic) bond motifs is 1. The molecule has 2 aliphatic carbocycles. The molecule has 2 saturated carbocycles. The lowest BCUT2D eigenvalue weighted by Crippen LogP contribution is -2.45. The number of ether oxygens (including phenoxy) is 1. The summed E-state index contributed by atoms with van der Waals surface area (Å²) in [6.07, 6.45) is 26.4. The average molecular weight is 601 g/mol. The van der Waals surface area contributed by atoms with Crippen molar-refractivity contribution in [2.24, 2.45) is 10.8 Å². The molecule has 1 heterocycles. The molecule has 5 atom stereocenters. The maximum absolute atomic E-state index is 10.9. The summed E-state index contributed by atoms with van der Waals surface area (Å²) < 4.78 is 6.46. The Morgan fingerprint density at radius 2 is 1.25 bits per heavy atom. The van der Waals surface area contributed by atoms with E-state index in [1.807, 2.05) is 37.3 Å². The second kappa shape index (κ2) is 14.1. The summed E-state index contributed by atoms with van der Waals surface area (Å²) in [4.78, 5) is 0. The van der Waals surface area contributed by atoms with Crippen molar-refractivity contribution in [2.45, 2.75) is 124 Å². The van der Waals surface area contributed by atoms with E-state index in [9.17, 15) is 15.3 Å². The van der Waals surface area contributed by atoms with Gasteiger partial charge in [0.2, 0.25) is 0 Å². The topological polar surface area (TPSA) is 69.9 Å². The SMILES string of the molecule is CC(C=C=C1C(C)(C)CC(O)CC1(C)O)=CC=CC(C)=CC=CC=C(C)C=CC=C(C)C1C=C2C(C)(C)CC(O)CC2(C)O1. The lowest BCUT2D eigenvalue weighted by molar-refractivity contribution is -0.0683. The monoisotopic (exact) mass is 600 g/mol. The summed E-state index contributed by atoms with van der Waals surface area (Å²) in [6.45, 7) is 20.7. The van der Waals surface area contributed by atoms with Crippen molar-refractivity contribution in [3.05, 3.63) is 112 Å². The van der Waals surface area contributed by atoms with Gasteiger partial charge in [-0.05, 0) is 94.1 Å². The fourth-order valence-corrected chi connectivity index (χ4v) is 7.21. The molecule has 4 nitrogen and oxygen atoms in total. The van der Waals surface area contributed by atoms with Crippen molar-refractivity contribution < 1.29 is 20.1 Å². The summed E-state index contributed by atoms with van der Waals surface area (Å²) in [7, 11) is 0. The first-order valence-electron chi connectivity index (χ1n) is 16.0. The second-order valence-corrected chi connectivity index (χ2v) is 14.9. The highest BCUT2D eigenvalue weighted by atomic mass is 16.5. The number of hydrogen-bond acceptors (Lipinski definition) is 4. The zero-order chi connectivity index (χ0) is 32.9. The highest BCUT2D eigenvalue weighted by Gasteiger charge is 2.50. The number of aliphatic hydroxyl groups excluding tert-OH is 2. The molecule has 3 aliphatic rings. The van der Waals surface area contributed by atoms with Crippen molar-refractivity contribution in [1.82, 2.24) is 0 Å². The second-order valence-electron chi connectivity index (χ2n) is 14.9. The minimum atomic E-state index is -1.05. The summed E-state index contributed by atoms with van der Waals surface area (Å²) in [5, 5.41) is 31.4. The molecule has 0 amide bonds. The Morgan fingerprint density at radius 1 is 0.727 bits per heavy atom. The summed E-state index contributed by atoms with van der Waals surface area (Å²) in [6, 6.07) is 0. The summed E-state index contributed by atoms with van der Waals surface area (Å²) in [5.74, 6) is 0. The minimum Gasteiger partial charge on any atom is -0.393 e. The van der Waals surface area contributed by atoms with Gasteiger partial charge in [-0.25, -0.2) is 0 Å². The van der Waals surface area contributed by atoms with Crippen molar-refractivity contribution >= 4 is 0 Å². The van der Waals surface area contributed by atoms with Gasteiger partial charge in [-0.1, -0.05) is 99.6 Å². The van der Waals surface area contributed by atoms with Gasteiger partial charge in [0.25, 0.3) is 0 Å². The first kappa shape index (κ1) is 35.8. The molecule has 0 aromatic heterocycles. The van der Waals surface area contributed by atoms with Gasteiger partial charge in [0.05, 0.1) is 29.5 Å². The van der Waals surface area contributed by atoms with Gasteiger partial charge in [-0.2, -0.15) is 0 Å². The van der Waals surface area contributed by atoms with E-state index < -0.39 is 17.3 Å². The third-order valence-corrected chi connectivity index (χ3v) is 9.13. The van der Waals surface area contributed by atoms with Gasteiger partial charge in [0, 0.05) is 18.4 Å². The summed E-state index contributed by atoms with van der Waals surface area (Å²) in [5.41, 5.74) is 8.16. The first-order chi connectivity index (χ1) is 20.3. The molecular weight excluding hydrogens is 544 g/mol. The molecule has 0 aromatic rings. The number of allylic oxidation sites excluding steroid dienone is 13. The van der Waals surface area contributed by atoms with Crippen LogP contribution in [-0.4, -0.2) is 44.8 Å². The van der Waals surface area contributed by atoms with Crippen LogP contribution >= 0.6 is 0 Å². The van der Waals surface area contributed by atoms with Gasteiger partial charge in [-0.15, -0.1) is 5.73 Å². The van der Waals surface area contributed by atoms with Crippen LogP contribution < -0.4 is 0 Å². The van der Waals surface area contributed by atoms with E-state index in [0.717, 1.165) is 34.3 Å². The third-order valence-electron chi connectivity index (χ3n) is 9.13. The van der Waals surface area contributed by atoms with Crippen LogP contribution in [-0.2, 0) is 4.74 Å². The molecule has 5 unspecified atom stereocenters. The number of aliphatic hydroxyl groups is 3. The maximum atomic E-state index is 10.9. The Kier molecular flexibility index (Phi) is 11.5. The molecule has 3 N–H and O–H groups in total. The molecule has 0 radical (unpaired) electrons. The van der Waals surface area contributed by atoms with Crippen molar-refractivity contribution in [3.8, 4) is 0 Å². The van der Waals surface area contributed by atoms with E-state index >= 15 is 0 Å². The average Bonchev–Trinajstić information content (AvgIpc) is 3.22. The highest BCUT2D eigenvalue weighted by Crippen LogP contribution is 2.52. The lowest BCUT2D eigenvalue weighted by Gasteiger charge is -2.44. The maximum Gasteiger partial charge on any atom is 0.0982 e. The Hall–Kier alpha value is -2.72. The van der Waals surface area contributed by atoms with Crippen LogP contribution in [0, 0.1) is 10.8 Å². The normalized spacial score (nSPS) is 33.2. The minimum absolute atomic E-state index is 0.0566. The summed E-state index contributed by atoms with van der Waals surface area (Å²) >= 11 is 0. The Balaban J connectivity index is 1.56. The third kappa shape index (κ3) is 9.39. The quantitative estimate of drug-likeness (QED) is 0.148. The molecule has 0 bridgehead atoms. The molecule has 1 aliphatic heterocycles. The molecule has 0 saturated heterocycles. The molecule has 44 heavy (non-hydrogen) atoms. The molecule has 4 heteroatoms. The zero-order valence-corrected chi connectivity index (χ0v) is 28.7. The van der Waals surface area contributed by atoms with Crippen molar-refractivity contribution in [3.63, 3.8) is 0 Å². The fourth-order valence-electron chi connectivity index (χ4n) is 7.21. The van der Waals surface area contributed by atoms with Gasteiger partial charge in [0.15, 0.2) is 0 Å². The van der Waals surface area contributed by atoms with Crippen LogP contribution in [0.3, 0.4) is 0 Å². The van der Waals surface area contributed by atoms with Crippen molar-refractivity contribution in [1.29, 1.82) is 0 Å². The predicted molar refractivity (Wildman–Crippen MR) is 184 cm³/mol. The number of hydrogen-bond donors (Lipinski definition) is 3. The molecule has 3 rings (SSSR count). The van der Waals surface area contributed by atoms with E-state index in [0.29, 0.717) is 19.3 Å².